The molecule has 1 aromatic carbocycles. The van der Waals surface area contributed by atoms with E-state index in [1.165, 1.54) is 16.4 Å². The second kappa shape index (κ2) is 9.27. The van der Waals surface area contributed by atoms with Gasteiger partial charge in [0.1, 0.15) is 11.9 Å². The molecular formula is C23H27N5O3S. The predicted octanol–water partition coefficient (Wildman–Crippen LogP) is 2.34. The standard InChI is InChI=1S/C23H27N5O3S/c1-18-8-11-28(12-9-18)32(30,31)21-6-4-19(5-7-21)23(29)27-15-13-26(14-16-27)22-20(17-24)3-2-10-25-22/h2-7,10,18H,8-9,11-16H2,1H3. The number of nitrogens with zero attached hydrogens (tertiary/aromatic N) is 5. The van der Waals surface area contributed by atoms with Gasteiger partial charge < -0.3 is 9.80 Å². The summed E-state index contributed by atoms with van der Waals surface area (Å²) in [5, 5.41) is 9.29. The second-order valence-electron chi connectivity index (χ2n) is 8.38. The molecule has 2 fully saturated rings. The average molecular weight is 454 g/mol. The van der Waals surface area contributed by atoms with Crippen LogP contribution in [0.15, 0.2) is 47.5 Å². The number of pyridine rings is 1. The number of sulfonamides is 1. The van der Waals surface area contributed by atoms with E-state index in [0.29, 0.717) is 62.1 Å². The van der Waals surface area contributed by atoms with Crippen LogP contribution in [-0.2, 0) is 10.0 Å². The van der Waals surface area contributed by atoms with Gasteiger partial charge in [-0.05, 0) is 55.2 Å². The van der Waals surface area contributed by atoms with Gasteiger partial charge in [0.15, 0.2) is 0 Å². The monoisotopic (exact) mass is 453 g/mol. The first-order valence-corrected chi connectivity index (χ1v) is 12.3. The molecule has 0 bridgehead atoms. The Morgan fingerprint density at radius 1 is 1.03 bits per heavy atom. The number of anilines is 1. The lowest BCUT2D eigenvalue weighted by Gasteiger charge is -2.35. The van der Waals surface area contributed by atoms with Gasteiger partial charge in [-0.15, -0.1) is 0 Å². The van der Waals surface area contributed by atoms with Crippen LogP contribution in [0.1, 0.15) is 35.7 Å². The Bertz CT molecular complexity index is 1110. The first-order valence-electron chi connectivity index (χ1n) is 10.9. The van der Waals surface area contributed by atoms with Crippen molar-refractivity contribution in [2.24, 2.45) is 5.92 Å². The Kier molecular flexibility index (Phi) is 6.44. The molecule has 2 aliphatic heterocycles. The van der Waals surface area contributed by atoms with E-state index in [1.807, 2.05) is 4.90 Å². The van der Waals surface area contributed by atoms with Crippen LogP contribution in [0.3, 0.4) is 0 Å². The van der Waals surface area contributed by atoms with Gasteiger partial charge in [0.25, 0.3) is 5.91 Å². The van der Waals surface area contributed by atoms with Crippen molar-refractivity contribution in [3.8, 4) is 6.07 Å². The minimum absolute atomic E-state index is 0.123. The summed E-state index contributed by atoms with van der Waals surface area (Å²) in [6.07, 6.45) is 3.40. The van der Waals surface area contributed by atoms with E-state index >= 15 is 0 Å². The molecule has 2 aliphatic rings. The largest absolute Gasteiger partial charge is 0.352 e. The summed E-state index contributed by atoms with van der Waals surface area (Å²) in [7, 11) is -3.53. The third-order valence-corrected chi connectivity index (χ3v) is 8.17. The highest BCUT2D eigenvalue weighted by atomic mass is 32.2. The SMILES string of the molecule is CC1CCN(S(=O)(=O)c2ccc(C(=O)N3CCN(c4ncccc4C#N)CC3)cc2)CC1. The zero-order chi connectivity index (χ0) is 22.7. The molecule has 0 N–H and O–H groups in total. The number of carbonyl (C=O) groups is 1. The number of piperidine rings is 1. The average Bonchev–Trinajstić information content (AvgIpc) is 2.84. The van der Waals surface area contributed by atoms with Gasteiger partial charge in [-0.3, -0.25) is 4.79 Å². The van der Waals surface area contributed by atoms with Gasteiger partial charge in [-0.1, -0.05) is 6.92 Å². The molecule has 3 heterocycles. The lowest BCUT2D eigenvalue weighted by atomic mass is 10.0. The Balaban J connectivity index is 1.40. The van der Waals surface area contributed by atoms with Crippen LogP contribution in [0.4, 0.5) is 5.82 Å². The number of carbonyl (C=O) groups excluding carboxylic acids is 1. The van der Waals surface area contributed by atoms with Crippen LogP contribution in [-0.4, -0.2) is 67.8 Å². The first kappa shape index (κ1) is 22.2. The zero-order valence-electron chi connectivity index (χ0n) is 18.1. The maximum Gasteiger partial charge on any atom is 0.253 e. The number of benzene rings is 1. The highest BCUT2D eigenvalue weighted by Gasteiger charge is 2.29. The number of amides is 1. The maximum atomic E-state index is 12.9. The molecule has 32 heavy (non-hydrogen) atoms. The fraction of sp³-hybridized carbons (Fsp3) is 0.435. The molecule has 0 atom stereocenters. The van der Waals surface area contributed by atoms with E-state index in [1.54, 1.807) is 35.4 Å². The van der Waals surface area contributed by atoms with Gasteiger partial charge in [0.05, 0.1) is 10.5 Å². The van der Waals surface area contributed by atoms with E-state index in [2.05, 4.69) is 18.0 Å². The minimum Gasteiger partial charge on any atom is -0.352 e. The van der Waals surface area contributed by atoms with Crippen molar-refractivity contribution in [1.29, 1.82) is 5.26 Å². The second-order valence-corrected chi connectivity index (χ2v) is 10.3. The number of aromatic nitrogens is 1. The van der Waals surface area contributed by atoms with Crippen molar-refractivity contribution >= 4 is 21.7 Å². The number of piperazine rings is 1. The van der Waals surface area contributed by atoms with Gasteiger partial charge in [-0.25, -0.2) is 13.4 Å². The summed E-state index contributed by atoms with van der Waals surface area (Å²) < 4.78 is 27.3. The van der Waals surface area contributed by atoms with Crippen LogP contribution >= 0.6 is 0 Å². The van der Waals surface area contributed by atoms with Crippen LogP contribution < -0.4 is 4.90 Å². The normalized spacial score (nSPS) is 18.4. The highest BCUT2D eigenvalue weighted by molar-refractivity contribution is 7.89. The van der Waals surface area contributed by atoms with Crippen molar-refractivity contribution in [2.45, 2.75) is 24.7 Å². The van der Waals surface area contributed by atoms with Crippen LogP contribution in [0.5, 0.6) is 0 Å². The molecule has 1 aromatic heterocycles. The molecule has 0 unspecified atom stereocenters. The van der Waals surface area contributed by atoms with Crippen LogP contribution in [0.2, 0.25) is 0 Å². The predicted molar refractivity (Wildman–Crippen MR) is 121 cm³/mol. The summed E-state index contributed by atoms with van der Waals surface area (Å²) in [5.41, 5.74) is 0.993. The van der Waals surface area contributed by atoms with Gasteiger partial charge in [-0.2, -0.15) is 9.57 Å². The molecule has 0 saturated carbocycles. The lowest BCUT2D eigenvalue weighted by molar-refractivity contribution is 0.0746. The maximum absolute atomic E-state index is 12.9. The Morgan fingerprint density at radius 2 is 1.69 bits per heavy atom. The zero-order valence-corrected chi connectivity index (χ0v) is 19.0. The molecule has 0 aliphatic carbocycles. The third-order valence-electron chi connectivity index (χ3n) is 6.26. The van der Waals surface area contributed by atoms with E-state index in [4.69, 9.17) is 0 Å². The molecule has 8 nitrogen and oxygen atoms in total. The van der Waals surface area contributed by atoms with E-state index < -0.39 is 10.0 Å². The molecule has 1 amide bonds. The van der Waals surface area contributed by atoms with Crippen LogP contribution in [0, 0.1) is 17.2 Å². The fourth-order valence-electron chi connectivity index (χ4n) is 4.18. The first-order chi connectivity index (χ1) is 15.4. The van der Waals surface area contributed by atoms with Gasteiger partial charge >= 0.3 is 0 Å². The number of hydrogen-bond donors (Lipinski definition) is 0. The number of nitriles is 1. The lowest BCUT2D eigenvalue weighted by Crippen LogP contribution is -2.49. The molecule has 2 saturated heterocycles. The Hall–Kier alpha value is -2.96. The van der Waals surface area contributed by atoms with Crippen molar-refractivity contribution in [1.82, 2.24) is 14.2 Å². The Morgan fingerprint density at radius 3 is 2.31 bits per heavy atom. The van der Waals surface area contributed by atoms with Gasteiger partial charge in [0, 0.05) is 51.0 Å². The minimum atomic E-state index is -3.53. The van der Waals surface area contributed by atoms with Crippen molar-refractivity contribution < 1.29 is 13.2 Å². The molecule has 0 radical (unpaired) electrons. The van der Waals surface area contributed by atoms with Crippen molar-refractivity contribution in [3.63, 3.8) is 0 Å². The molecule has 2 aromatic rings. The molecule has 4 rings (SSSR count). The molecule has 9 heteroatoms. The summed E-state index contributed by atoms with van der Waals surface area (Å²) in [6.45, 7) is 5.40. The van der Waals surface area contributed by atoms with Crippen molar-refractivity contribution in [3.05, 3.63) is 53.7 Å². The quantitative estimate of drug-likeness (QED) is 0.705. The smallest absolute Gasteiger partial charge is 0.253 e. The summed E-state index contributed by atoms with van der Waals surface area (Å²) >= 11 is 0. The molecular weight excluding hydrogens is 426 g/mol. The number of hydrogen-bond acceptors (Lipinski definition) is 6. The molecule has 0 spiro atoms. The third kappa shape index (κ3) is 4.47. The highest BCUT2D eigenvalue weighted by Crippen LogP contribution is 2.24. The fourth-order valence-corrected chi connectivity index (χ4v) is 5.65. The summed E-state index contributed by atoms with van der Waals surface area (Å²) in [6, 6.07) is 11.9. The van der Waals surface area contributed by atoms with Crippen molar-refractivity contribution in [2.75, 3.05) is 44.2 Å². The van der Waals surface area contributed by atoms with Crippen LogP contribution in [0.25, 0.3) is 0 Å². The van der Waals surface area contributed by atoms with E-state index in [9.17, 15) is 18.5 Å². The summed E-state index contributed by atoms with van der Waals surface area (Å²) in [5.74, 6) is 1.07. The van der Waals surface area contributed by atoms with E-state index in [-0.39, 0.29) is 10.8 Å². The Labute approximate surface area is 189 Å². The van der Waals surface area contributed by atoms with E-state index in [0.717, 1.165) is 12.8 Å². The summed E-state index contributed by atoms with van der Waals surface area (Å²) in [4.78, 5) is 21.3. The molecule has 168 valence electrons. The topological polar surface area (TPSA) is 97.6 Å². The number of rotatable bonds is 4. The van der Waals surface area contributed by atoms with Gasteiger partial charge in [0.2, 0.25) is 10.0 Å².